The Morgan fingerprint density at radius 3 is 3.00 bits per heavy atom. The minimum atomic E-state index is 0.414. The third-order valence-corrected chi connectivity index (χ3v) is 2.93. The molecule has 4 heteroatoms. The molecule has 0 amide bonds. The van der Waals surface area contributed by atoms with Gasteiger partial charge in [-0.15, -0.1) is 11.8 Å². The minimum Gasteiger partial charge on any atom is -0.490 e. The van der Waals surface area contributed by atoms with Crippen LogP contribution in [0.25, 0.3) is 0 Å². The molecule has 1 heterocycles. The molecule has 0 aliphatic heterocycles. The van der Waals surface area contributed by atoms with Crippen molar-refractivity contribution in [3.05, 3.63) is 17.8 Å². The first-order valence-corrected chi connectivity index (χ1v) is 5.96. The number of pyridine rings is 1. The second-order valence-corrected chi connectivity index (χ2v) is 4.11. The molecular formula is C10H14N2OS. The zero-order valence-electron chi connectivity index (χ0n) is 8.19. The average molecular weight is 210 g/mol. The lowest BCUT2D eigenvalue weighted by Crippen LogP contribution is -2.06. The Morgan fingerprint density at radius 1 is 1.64 bits per heavy atom. The summed E-state index contributed by atoms with van der Waals surface area (Å²) < 4.78 is 5.76. The fraction of sp³-hybridized carbons (Fsp3) is 0.500. The molecule has 0 unspecified atom stereocenters. The van der Waals surface area contributed by atoms with Gasteiger partial charge in [-0.3, -0.25) is 0 Å². The van der Waals surface area contributed by atoms with E-state index in [1.54, 1.807) is 18.0 Å². The van der Waals surface area contributed by atoms with Gasteiger partial charge in [-0.05, 0) is 25.2 Å². The molecule has 1 aromatic heterocycles. The molecule has 2 N–H and O–H groups in total. The second-order valence-electron chi connectivity index (χ2n) is 3.32. The van der Waals surface area contributed by atoms with Gasteiger partial charge in [-0.2, -0.15) is 0 Å². The molecule has 0 radical (unpaired) electrons. The van der Waals surface area contributed by atoms with Crippen LogP contribution in [0.1, 0.15) is 18.4 Å². The normalized spacial score (nSPS) is 15.6. The summed E-state index contributed by atoms with van der Waals surface area (Å²) in [5.41, 5.74) is 6.72. The summed E-state index contributed by atoms with van der Waals surface area (Å²) in [6, 6.07) is 1.90. The van der Waals surface area contributed by atoms with E-state index in [1.165, 1.54) is 12.8 Å². The number of hydrogen-bond donors (Lipinski definition) is 1. The number of nitrogens with zero attached hydrogens (tertiary/aromatic N) is 1. The third kappa shape index (κ3) is 2.01. The monoisotopic (exact) mass is 210 g/mol. The molecule has 0 bridgehead atoms. The number of nitrogens with two attached hydrogens (primary N) is 1. The highest BCUT2D eigenvalue weighted by atomic mass is 32.2. The molecule has 1 aromatic rings. The van der Waals surface area contributed by atoms with Crippen LogP contribution in [-0.2, 0) is 6.54 Å². The Bertz CT molecular complexity index is 326. The van der Waals surface area contributed by atoms with Crippen LogP contribution < -0.4 is 10.5 Å². The molecule has 0 aromatic carbocycles. The average Bonchev–Trinajstić information content (AvgIpc) is 3.01. The lowest BCUT2D eigenvalue weighted by atomic mass is 10.2. The maximum absolute atomic E-state index is 5.76. The molecule has 2 rings (SSSR count). The van der Waals surface area contributed by atoms with Gasteiger partial charge in [0, 0.05) is 18.3 Å². The molecule has 1 fully saturated rings. The predicted molar refractivity (Wildman–Crippen MR) is 57.6 cm³/mol. The van der Waals surface area contributed by atoms with Gasteiger partial charge >= 0.3 is 0 Å². The molecular weight excluding hydrogens is 196 g/mol. The second kappa shape index (κ2) is 4.19. The van der Waals surface area contributed by atoms with E-state index in [2.05, 4.69) is 4.98 Å². The van der Waals surface area contributed by atoms with Gasteiger partial charge in [0.25, 0.3) is 0 Å². The Labute approximate surface area is 88.0 Å². The molecule has 0 spiro atoms. The van der Waals surface area contributed by atoms with Crippen LogP contribution >= 0.6 is 11.8 Å². The van der Waals surface area contributed by atoms with E-state index < -0.39 is 0 Å². The zero-order chi connectivity index (χ0) is 9.97. The summed E-state index contributed by atoms with van der Waals surface area (Å²) in [6.07, 6.45) is 6.53. The topological polar surface area (TPSA) is 48.1 Å². The summed E-state index contributed by atoms with van der Waals surface area (Å²) in [5.74, 6) is 0.911. The number of aromatic nitrogens is 1. The molecule has 76 valence electrons. The highest BCUT2D eigenvalue weighted by Crippen LogP contribution is 2.32. The highest BCUT2D eigenvalue weighted by molar-refractivity contribution is 7.98. The fourth-order valence-electron chi connectivity index (χ4n) is 1.30. The SMILES string of the molecule is CSc1nccc(OC2CC2)c1CN. The lowest BCUT2D eigenvalue weighted by molar-refractivity contribution is 0.298. The van der Waals surface area contributed by atoms with Crippen molar-refractivity contribution in [2.75, 3.05) is 6.26 Å². The van der Waals surface area contributed by atoms with E-state index in [-0.39, 0.29) is 0 Å². The third-order valence-electron chi connectivity index (χ3n) is 2.19. The number of rotatable bonds is 4. The van der Waals surface area contributed by atoms with Crippen LogP contribution in [0, 0.1) is 0 Å². The van der Waals surface area contributed by atoms with Crippen LogP contribution in [-0.4, -0.2) is 17.3 Å². The van der Waals surface area contributed by atoms with Crippen LogP contribution in [0.2, 0.25) is 0 Å². The smallest absolute Gasteiger partial charge is 0.128 e. The molecule has 0 atom stereocenters. The molecule has 1 saturated carbocycles. The van der Waals surface area contributed by atoms with Crippen molar-refractivity contribution in [1.29, 1.82) is 0 Å². The Morgan fingerprint density at radius 2 is 2.43 bits per heavy atom. The first kappa shape index (κ1) is 9.80. The van der Waals surface area contributed by atoms with Crippen LogP contribution in [0.15, 0.2) is 17.3 Å². The molecule has 3 nitrogen and oxygen atoms in total. The Hall–Kier alpha value is -0.740. The summed E-state index contributed by atoms with van der Waals surface area (Å²) in [7, 11) is 0. The molecule has 1 aliphatic carbocycles. The maximum atomic E-state index is 5.76. The van der Waals surface area contributed by atoms with E-state index in [9.17, 15) is 0 Å². The largest absolute Gasteiger partial charge is 0.490 e. The Balaban J connectivity index is 2.26. The van der Waals surface area contributed by atoms with Crippen molar-refractivity contribution in [3.63, 3.8) is 0 Å². The van der Waals surface area contributed by atoms with Crippen molar-refractivity contribution in [1.82, 2.24) is 4.98 Å². The summed E-state index contributed by atoms with van der Waals surface area (Å²) in [6.45, 7) is 0.492. The van der Waals surface area contributed by atoms with Crippen LogP contribution in [0.4, 0.5) is 0 Å². The molecule has 14 heavy (non-hydrogen) atoms. The summed E-state index contributed by atoms with van der Waals surface area (Å²) in [5, 5.41) is 0.977. The van der Waals surface area contributed by atoms with Gasteiger partial charge in [-0.1, -0.05) is 0 Å². The van der Waals surface area contributed by atoms with Gasteiger partial charge in [0.05, 0.1) is 6.10 Å². The van der Waals surface area contributed by atoms with Crippen molar-refractivity contribution < 1.29 is 4.74 Å². The number of thioether (sulfide) groups is 1. The molecule has 0 saturated heterocycles. The highest BCUT2D eigenvalue weighted by Gasteiger charge is 2.24. The fourth-order valence-corrected chi connectivity index (χ4v) is 1.89. The van der Waals surface area contributed by atoms with Gasteiger partial charge in [-0.25, -0.2) is 4.98 Å². The van der Waals surface area contributed by atoms with Crippen LogP contribution in [0.3, 0.4) is 0 Å². The predicted octanol–water partition coefficient (Wildman–Crippen LogP) is 1.80. The summed E-state index contributed by atoms with van der Waals surface area (Å²) >= 11 is 1.61. The van der Waals surface area contributed by atoms with E-state index in [4.69, 9.17) is 10.5 Å². The Kier molecular flexibility index (Phi) is 2.93. The van der Waals surface area contributed by atoms with Crippen molar-refractivity contribution >= 4 is 11.8 Å². The first-order chi connectivity index (χ1) is 6.85. The number of ether oxygens (including phenoxy) is 1. The van der Waals surface area contributed by atoms with Gasteiger partial charge in [0.15, 0.2) is 0 Å². The van der Waals surface area contributed by atoms with Gasteiger partial charge in [0.2, 0.25) is 0 Å². The van der Waals surface area contributed by atoms with Crippen molar-refractivity contribution in [2.45, 2.75) is 30.5 Å². The standard InChI is InChI=1S/C10H14N2OS/c1-14-10-8(6-11)9(4-5-12-10)13-7-2-3-7/h4-5,7H,2-3,6,11H2,1H3. The van der Waals surface area contributed by atoms with E-state index >= 15 is 0 Å². The quantitative estimate of drug-likeness (QED) is 0.770. The van der Waals surface area contributed by atoms with Gasteiger partial charge in [0.1, 0.15) is 10.8 Å². The van der Waals surface area contributed by atoms with Crippen molar-refractivity contribution in [3.8, 4) is 5.75 Å². The minimum absolute atomic E-state index is 0.414. The maximum Gasteiger partial charge on any atom is 0.128 e. The van der Waals surface area contributed by atoms with Crippen molar-refractivity contribution in [2.24, 2.45) is 5.73 Å². The number of hydrogen-bond acceptors (Lipinski definition) is 4. The molecule has 1 aliphatic rings. The lowest BCUT2D eigenvalue weighted by Gasteiger charge is -2.11. The van der Waals surface area contributed by atoms with Crippen LogP contribution in [0.5, 0.6) is 5.75 Å². The summed E-state index contributed by atoms with van der Waals surface area (Å²) in [4.78, 5) is 4.26. The van der Waals surface area contributed by atoms with E-state index in [0.29, 0.717) is 12.6 Å². The first-order valence-electron chi connectivity index (χ1n) is 4.73. The van der Waals surface area contributed by atoms with E-state index in [1.807, 2.05) is 12.3 Å². The van der Waals surface area contributed by atoms with Gasteiger partial charge < -0.3 is 10.5 Å². The zero-order valence-corrected chi connectivity index (χ0v) is 9.01. The van der Waals surface area contributed by atoms with E-state index in [0.717, 1.165) is 16.3 Å².